The highest BCUT2D eigenvalue weighted by Crippen LogP contribution is 2.38. The van der Waals surface area contributed by atoms with Crippen molar-refractivity contribution < 1.29 is 24.4 Å². The molecule has 0 spiro atoms. The number of carboxylic acids is 1. The molecule has 1 amide bonds. The van der Waals surface area contributed by atoms with Crippen LogP contribution >= 0.6 is 0 Å². The van der Waals surface area contributed by atoms with Crippen molar-refractivity contribution in [1.29, 1.82) is 0 Å². The van der Waals surface area contributed by atoms with E-state index in [9.17, 15) is 24.8 Å². The molecule has 10 nitrogen and oxygen atoms in total. The summed E-state index contributed by atoms with van der Waals surface area (Å²) in [6.45, 7) is 8.32. The minimum absolute atomic E-state index is 0.0277. The lowest BCUT2D eigenvalue weighted by molar-refractivity contribution is -0.384. The Morgan fingerprint density at radius 2 is 1.71 bits per heavy atom. The predicted octanol–water partition coefficient (Wildman–Crippen LogP) is 5.20. The number of hydrogen-bond acceptors (Lipinski definition) is 7. The molecule has 10 heteroatoms. The number of amides is 1. The number of non-ortho nitro benzene ring substituents is 1. The highest BCUT2D eigenvalue weighted by Gasteiger charge is 2.43. The molecule has 3 fully saturated rings. The molecule has 2 heterocycles. The topological polar surface area (TPSA) is 116 Å². The molecule has 45 heavy (non-hydrogen) atoms. The molecule has 5 rings (SSSR count). The van der Waals surface area contributed by atoms with Crippen LogP contribution in [-0.2, 0) is 9.59 Å². The summed E-state index contributed by atoms with van der Waals surface area (Å²) >= 11 is 0. The number of nitro groups is 1. The van der Waals surface area contributed by atoms with Gasteiger partial charge in [0.1, 0.15) is 11.8 Å². The van der Waals surface area contributed by atoms with Crippen molar-refractivity contribution in [2.45, 2.75) is 62.9 Å². The summed E-state index contributed by atoms with van der Waals surface area (Å²) in [6, 6.07) is 15.9. The van der Waals surface area contributed by atoms with E-state index in [-0.39, 0.29) is 36.1 Å². The summed E-state index contributed by atoms with van der Waals surface area (Å²) in [7, 11) is 0. The van der Waals surface area contributed by atoms with E-state index in [0.29, 0.717) is 18.2 Å². The SMILES string of the molecule is C=CCN(C(=O)COc1ccc([N+](=O)[O-])cc1)C1CCN(C[C@H]2CN([C@@H](C(=O)O)C3CCCCC3)C[C@@H]2c2ccccc2)CC1. The van der Waals surface area contributed by atoms with E-state index in [2.05, 4.69) is 40.6 Å². The molecule has 2 saturated heterocycles. The van der Waals surface area contributed by atoms with Crippen molar-refractivity contribution in [3.8, 4) is 5.75 Å². The third-order valence-electron chi connectivity index (χ3n) is 9.99. The zero-order valence-electron chi connectivity index (χ0n) is 26.0. The van der Waals surface area contributed by atoms with Crippen molar-refractivity contribution in [2.24, 2.45) is 11.8 Å². The summed E-state index contributed by atoms with van der Waals surface area (Å²) in [5, 5.41) is 21.2. The van der Waals surface area contributed by atoms with Crippen LogP contribution in [0.25, 0.3) is 0 Å². The van der Waals surface area contributed by atoms with E-state index < -0.39 is 16.9 Å². The van der Waals surface area contributed by atoms with Crippen molar-refractivity contribution in [3.05, 3.63) is 82.9 Å². The number of carbonyl (C=O) groups excluding carboxylic acids is 1. The van der Waals surface area contributed by atoms with E-state index in [1.54, 1.807) is 6.08 Å². The lowest BCUT2D eigenvalue weighted by atomic mass is 9.83. The molecule has 3 atom stereocenters. The Hall–Kier alpha value is -3.76. The molecule has 2 aromatic carbocycles. The smallest absolute Gasteiger partial charge is 0.321 e. The van der Waals surface area contributed by atoms with Crippen LogP contribution in [0.5, 0.6) is 5.75 Å². The number of carboxylic acid groups (broad SMARTS) is 1. The Morgan fingerprint density at radius 3 is 2.33 bits per heavy atom. The zero-order chi connectivity index (χ0) is 31.8. The first-order chi connectivity index (χ1) is 21.8. The molecule has 0 bridgehead atoms. The van der Waals surface area contributed by atoms with Crippen LogP contribution in [-0.4, -0.2) is 94.6 Å². The van der Waals surface area contributed by atoms with E-state index >= 15 is 0 Å². The quantitative estimate of drug-likeness (QED) is 0.185. The van der Waals surface area contributed by atoms with Gasteiger partial charge in [0, 0.05) is 63.4 Å². The second kappa shape index (κ2) is 15.5. The fraction of sp³-hybridized carbons (Fsp3) is 0.543. The van der Waals surface area contributed by atoms with Crippen molar-refractivity contribution in [1.82, 2.24) is 14.7 Å². The number of hydrogen-bond donors (Lipinski definition) is 1. The summed E-state index contributed by atoms with van der Waals surface area (Å²) in [5.74, 6) is 0.430. The van der Waals surface area contributed by atoms with E-state index in [1.807, 2.05) is 11.0 Å². The van der Waals surface area contributed by atoms with E-state index in [0.717, 1.165) is 71.2 Å². The first-order valence-electron chi connectivity index (χ1n) is 16.4. The maximum absolute atomic E-state index is 13.2. The fourth-order valence-corrected chi connectivity index (χ4v) is 7.73. The molecule has 0 radical (unpaired) electrons. The Bertz CT molecular complexity index is 1290. The molecule has 1 aliphatic carbocycles. The number of nitrogens with zero attached hydrogens (tertiary/aromatic N) is 4. The van der Waals surface area contributed by atoms with Crippen LogP contribution in [0.4, 0.5) is 5.69 Å². The van der Waals surface area contributed by atoms with E-state index in [1.165, 1.54) is 36.2 Å². The molecule has 3 aliphatic rings. The maximum Gasteiger partial charge on any atom is 0.321 e. The largest absolute Gasteiger partial charge is 0.484 e. The van der Waals surface area contributed by atoms with Gasteiger partial charge in [-0.15, -0.1) is 6.58 Å². The predicted molar refractivity (Wildman–Crippen MR) is 172 cm³/mol. The molecule has 242 valence electrons. The number of carbonyl (C=O) groups is 2. The Morgan fingerprint density at radius 1 is 1.02 bits per heavy atom. The van der Waals surface area contributed by atoms with Gasteiger partial charge in [-0.3, -0.25) is 24.6 Å². The minimum Gasteiger partial charge on any atom is -0.484 e. The van der Waals surface area contributed by atoms with E-state index in [4.69, 9.17) is 4.74 Å². The normalized spacial score (nSPS) is 22.5. The molecule has 1 saturated carbocycles. The van der Waals surface area contributed by atoms with Gasteiger partial charge in [0.2, 0.25) is 0 Å². The average Bonchev–Trinajstić information content (AvgIpc) is 3.46. The van der Waals surface area contributed by atoms with Crippen LogP contribution < -0.4 is 4.74 Å². The zero-order valence-corrected chi connectivity index (χ0v) is 26.0. The number of piperidine rings is 1. The number of ether oxygens (including phenoxy) is 1. The number of nitro benzene ring substituents is 1. The van der Waals surface area contributed by atoms with Crippen LogP contribution in [0.3, 0.4) is 0 Å². The fourth-order valence-electron chi connectivity index (χ4n) is 7.73. The first-order valence-corrected chi connectivity index (χ1v) is 16.4. The van der Waals surface area contributed by atoms with Gasteiger partial charge in [-0.1, -0.05) is 55.7 Å². The summed E-state index contributed by atoms with van der Waals surface area (Å²) < 4.78 is 5.67. The second-order valence-corrected chi connectivity index (χ2v) is 12.8. The minimum atomic E-state index is -0.681. The molecule has 0 aromatic heterocycles. The monoisotopic (exact) mass is 618 g/mol. The summed E-state index contributed by atoms with van der Waals surface area (Å²) in [5.41, 5.74) is 1.25. The molecule has 2 aliphatic heterocycles. The van der Waals surface area contributed by atoms with Gasteiger partial charge < -0.3 is 19.6 Å². The standard InChI is InChI=1S/C35H46N4O6/c1-2-19-38(33(40)25-45-31-15-13-30(14-16-31)39(43)44)29-17-20-36(21-18-29)22-28-23-37(24-32(28)26-9-5-3-6-10-26)34(35(41)42)27-11-7-4-8-12-27/h2-3,5-6,9-10,13-16,27-29,32,34H,1,4,7-8,11-12,17-25H2,(H,41,42)/t28-,32+,34+/m0/s1. The Balaban J connectivity index is 1.19. The number of benzene rings is 2. The third kappa shape index (κ3) is 8.29. The van der Waals surface area contributed by atoms with Crippen molar-refractivity contribution in [3.63, 3.8) is 0 Å². The molecule has 1 N–H and O–H groups in total. The van der Waals surface area contributed by atoms with Crippen LogP contribution in [0.15, 0.2) is 67.3 Å². The molecular formula is C35H46N4O6. The van der Waals surface area contributed by atoms with Gasteiger partial charge in [-0.05, 0) is 55.2 Å². The van der Waals surface area contributed by atoms with Gasteiger partial charge in [-0.25, -0.2) is 0 Å². The number of rotatable bonds is 13. The Labute approximate surface area is 265 Å². The van der Waals surface area contributed by atoms with Crippen molar-refractivity contribution >= 4 is 17.6 Å². The van der Waals surface area contributed by atoms with Gasteiger partial charge in [0.25, 0.3) is 11.6 Å². The summed E-state index contributed by atoms with van der Waals surface area (Å²) in [6.07, 6.45) is 8.86. The number of aliphatic carboxylic acids is 1. The molecule has 0 unspecified atom stereocenters. The highest BCUT2D eigenvalue weighted by molar-refractivity contribution is 5.78. The van der Waals surface area contributed by atoms with Crippen LogP contribution in [0.1, 0.15) is 56.4 Å². The molecular weight excluding hydrogens is 572 g/mol. The second-order valence-electron chi connectivity index (χ2n) is 12.8. The lowest BCUT2D eigenvalue weighted by Crippen LogP contribution is -2.50. The first kappa shape index (κ1) is 32.6. The van der Waals surface area contributed by atoms with Gasteiger partial charge in [0.05, 0.1) is 4.92 Å². The maximum atomic E-state index is 13.2. The van der Waals surface area contributed by atoms with Gasteiger partial charge in [0.15, 0.2) is 6.61 Å². The van der Waals surface area contributed by atoms with Gasteiger partial charge in [-0.2, -0.15) is 0 Å². The highest BCUT2D eigenvalue weighted by atomic mass is 16.6. The third-order valence-corrected chi connectivity index (χ3v) is 9.99. The molecule has 2 aromatic rings. The van der Waals surface area contributed by atoms with Crippen molar-refractivity contribution in [2.75, 3.05) is 45.9 Å². The van der Waals surface area contributed by atoms with Crippen LogP contribution in [0.2, 0.25) is 0 Å². The van der Waals surface area contributed by atoms with Crippen LogP contribution in [0, 0.1) is 22.0 Å². The lowest BCUT2D eigenvalue weighted by Gasteiger charge is -2.39. The number of likely N-dealkylation sites (tertiary alicyclic amines) is 2. The van der Waals surface area contributed by atoms with Gasteiger partial charge >= 0.3 is 5.97 Å². The summed E-state index contributed by atoms with van der Waals surface area (Å²) in [4.78, 5) is 42.8. The Kier molecular flexibility index (Phi) is 11.2. The average molecular weight is 619 g/mol.